The standard InChI is InChI=1S/C41H39F4N7O5/c1-21-27(5-3-7-29(21)39-49-31-14-25(19-52-11-9-24(18-52)40(54)55)33(57-41(44)45)15-34(31)56-39)28-6-4-8-30(22(28)2)47-37-35-32(48-38(50-37)36(42)43)13-23(16-46-35)17-51-12-10-26(53)20-51/h3-8,13-16,24,26,36,41,53H,9-12,17-20H2,1-2H3,(H,54,55)(H,47,48,50)/t24-,26-/m0/s1. The Hall–Kier alpha value is -5.71. The van der Waals surface area contributed by atoms with E-state index < -0.39 is 36.9 Å². The molecule has 8 rings (SSSR count). The zero-order chi connectivity index (χ0) is 40.0. The monoisotopic (exact) mass is 785 g/mol. The molecular weight excluding hydrogens is 746 g/mol. The number of ether oxygens (including phenoxy) is 1. The molecule has 0 aliphatic carbocycles. The lowest BCUT2D eigenvalue weighted by Gasteiger charge is -2.17. The first-order valence-electron chi connectivity index (χ1n) is 18.6. The van der Waals surface area contributed by atoms with Crippen LogP contribution in [0.25, 0.3) is 44.7 Å². The molecule has 5 heterocycles. The number of β-amino-alcohol motifs (C(OH)–C–C–N with tert-alkyl or cyclic N) is 1. The molecule has 16 heteroatoms. The van der Waals surface area contributed by atoms with Crippen LogP contribution in [0.4, 0.5) is 29.1 Å². The number of aliphatic hydroxyl groups is 1. The first-order valence-corrected chi connectivity index (χ1v) is 18.6. The normalized spacial score (nSPS) is 17.8. The minimum absolute atomic E-state index is 0.0695. The van der Waals surface area contributed by atoms with Crippen molar-refractivity contribution in [1.29, 1.82) is 0 Å². The van der Waals surface area contributed by atoms with E-state index in [2.05, 4.69) is 25.2 Å². The number of carboxylic acids is 1. The zero-order valence-electron chi connectivity index (χ0n) is 31.1. The van der Waals surface area contributed by atoms with Crippen LogP contribution in [0.15, 0.2) is 65.2 Å². The summed E-state index contributed by atoms with van der Waals surface area (Å²) in [7, 11) is 0. The molecule has 0 spiro atoms. The molecule has 57 heavy (non-hydrogen) atoms. The Morgan fingerprint density at radius 2 is 1.65 bits per heavy atom. The molecule has 2 saturated heterocycles. The number of hydrogen-bond donors (Lipinski definition) is 3. The molecule has 296 valence electrons. The molecule has 3 aromatic heterocycles. The number of anilines is 2. The van der Waals surface area contributed by atoms with E-state index in [9.17, 15) is 32.6 Å². The van der Waals surface area contributed by atoms with Gasteiger partial charge < -0.3 is 24.7 Å². The number of fused-ring (bicyclic) bond motifs is 2. The summed E-state index contributed by atoms with van der Waals surface area (Å²) in [5.41, 5.74) is 7.09. The minimum atomic E-state index is -3.08. The van der Waals surface area contributed by atoms with Gasteiger partial charge in [0.15, 0.2) is 17.2 Å². The van der Waals surface area contributed by atoms with Gasteiger partial charge in [0.25, 0.3) is 6.43 Å². The van der Waals surface area contributed by atoms with Crippen molar-refractivity contribution in [3.05, 3.63) is 88.9 Å². The molecule has 2 aliphatic heterocycles. The van der Waals surface area contributed by atoms with Gasteiger partial charge in [-0.15, -0.1) is 0 Å². The molecule has 0 bridgehead atoms. The number of hydrogen-bond acceptors (Lipinski definition) is 11. The van der Waals surface area contributed by atoms with Crippen LogP contribution in [0.5, 0.6) is 5.75 Å². The summed E-state index contributed by atoms with van der Waals surface area (Å²) in [6.07, 6.45) is -0.493. The van der Waals surface area contributed by atoms with Gasteiger partial charge >= 0.3 is 12.6 Å². The average molecular weight is 786 g/mol. The molecule has 0 saturated carbocycles. The summed E-state index contributed by atoms with van der Waals surface area (Å²) in [5.74, 6) is -1.71. The van der Waals surface area contributed by atoms with Crippen molar-refractivity contribution in [2.24, 2.45) is 5.92 Å². The number of nitrogens with zero attached hydrogens (tertiary/aromatic N) is 6. The van der Waals surface area contributed by atoms with Crippen molar-refractivity contribution in [3.8, 4) is 28.3 Å². The largest absolute Gasteiger partial charge is 0.481 e. The number of pyridine rings is 1. The van der Waals surface area contributed by atoms with Crippen molar-refractivity contribution in [1.82, 2.24) is 29.7 Å². The number of alkyl halides is 4. The topological polar surface area (TPSA) is 150 Å². The highest BCUT2D eigenvalue weighted by Crippen LogP contribution is 2.39. The van der Waals surface area contributed by atoms with Gasteiger partial charge in [0.2, 0.25) is 5.89 Å². The predicted molar refractivity (Wildman–Crippen MR) is 203 cm³/mol. The van der Waals surface area contributed by atoms with Crippen LogP contribution < -0.4 is 10.1 Å². The van der Waals surface area contributed by atoms with E-state index in [0.29, 0.717) is 66.9 Å². The second kappa shape index (κ2) is 15.7. The van der Waals surface area contributed by atoms with E-state index in [1.54, 1.807) is 18.3 Å². The molecule has 6 aromatic rings. The first kappa shape index (κ1) is 38.2. The number of likely N-dealkylation sites (tertiary alicyclic amines) is 2. The maximum absolute atomic E-state index is 14.1. The maximum Gasteiger partial charge on any atom is 0.387 e. The highest BCUT2D eigenvalue weighted by molar-refractivity contribution is 5.89. The van der Waals surface area contributed by atoms with Crippen LogP contribution in [0, 0.1) is 19.8 Å². The van der Waals surface area contributed by atoms with Crippen LogP contribution in [0.3, 0.4) is 0 Å². The van der Waals surface area contributed by atoms with E-state index in [0.717, 1.165) is 34.4 Å². The number of aliphatic carboxylic acids is 1. The number of rotatable bonds is 12. The number of aliphatic hydroxyl groups excluding tert-OH is 1. The molecule has 0 unspecified atom stereocenters. The summed E-state index contributed by atoms with van der Waals surface area (Å²) < 4.78 is 66.1. The van der Waals surface area contributed by atoms with Crippen LogP contribution in [0.2, 0.25) is 0 Å². The van der Waals surface area contributed by atoms with Gasteiger partial charge in [0, 0.05) is 61.8 Å². The summed E-state index contributed by atoms with van der Waals surface area (Å²) >= 11 is 0. The van der Waals surface area contributed by atoms with E-state index in [4.69, 9.17) is 14.1 Å². The number of nitrogens with one attached hydrogen (secondary N) is 1. The molecule has 3 N–H and O–H groups in total. The highest BCUT2D eigenvalue weighted by atomic mass is 19.3. The van der Waals surface area contributed by atoms with Gasteiger partial charge in [-0.25, -0.2) is 23.7 Å². The van der Waals surface area contributed by atoms with Gasteiger partial charge in [-0.3, -0.25) is 19.6 Å². The Kier molecular flexibility index (Phi) is 10.5. The Morgan fingerprint density at radius 1 is 0.912 bits per heavy atom. The molecule has 2 aliphatic rings. The fourth-order valence-electron chi connectivity index (χ4n) is 7.77. The van der Waals surface area contributed by atoms with Crippen molar-refractivity contribution < 1.29 is 41.7 Å². The first-order chi connectivity index (χ1) is 27.4. The fraction of sp³-hybridized carbons (Fsp3) is 0.341. The third-order valence-corrected chi connectivity index (χ3v) is 10.7. The van der Waals surface area contributed by atoms with Crippen LogP contribution in [-0.4, -0.2) is 84.8 Å². The Balaban J connectivity index is 1.10. The number of carboxylic acid groups (broad SMARTS) is 1. The number of oxazole rings is 1. The molecule has 2 atom stereocenters. The molecule has 2 fully saturated rings. The van der Waals surface area contributed by atoms with E-state index >= 15 is 0 Å². The fourth-order valence-corrected chi connectivity index (χ4v) is 7.77. The number of carbonyl (C=O) groups is 1. The summed E-state index contributed by atoms with van der Waals surface area (Å²) in [6, 6.07) is 16.0. The van der Waals surface area contributed by atoms with Crippen molar-refractivity contribution in [2.75, 3.05) is 31.5 Å². The lowest BCUT2D eigenvalue weighted by molar-refractivity contribution is -0.141. The molecule has 0 radical (unpaired) electrons. The third kappa shape index (κ3) is 7.97. The third-order valence-electron chi connectivity index (χ3n) is 10.7. The smallest absolute Gasteiger partial charge is 0.387 e. The van der Waals surface area contributed by atoms with Gasteiger partial charge in [-0.2, -0.15) is 8.78 Å². The predicted octanol–water partition coefficient (Wildman–Crippen LogP) is 7.87. The van der Waals surface area contributed by atoms with Crippen LogP contribution in [-0.2, 0) is 17.9 Å². The van der Waals surface area contributed by atoms with Crippen molar-refractivity contribution >= 4 is 39.6 Å². The van der Waals surface area contributed by atoms with Gasteiger partial charge in [0.1, 0.15) is 16.8 Å². The Bertz CT molecular complexity index is 2480. The lowest BCUT2D eigenvalue weighted by atomic mass is 9.93. The summed E-state index contributed by atoms with van der Waals surface area (Å²) in [5, 5.41) is 22.6. The van der Waals surface area contributed by atoms with Crippen LogP contribution in [0.1, 0.15) is 47.3 Å². The van der Waals surface area contributed by atoms with Gasteiger partial charge in [0.05, 0.1) is 17.5 Å². The molecular formula is C41H39F4N7O5. The lowest BCUT2D eigenvalue weighted by Crippen LogP contribution is -2.23. The quantitative estimate of drug-likeness (QED) is 0.104. The number of benzene rings is 3. The molecule has 3 aromatic carbocycles. The van der Waals surface area contributed by atoms with Gasteiger partial charge in [-0.05, 0) is 85.3 Å². The second-order valence-corrected chi connectivity index (χ2v) is 14.6. The average Bonchev–Trinajstić information content (AvgIpc) is 3.92. The number of halogens is 4. The summed E-state index contributed by atoms with van der Waals surface area (Å²) in [6.45, 7) is 3.51. The SMILES string of the molecule is Cc1c(Nc2nc(C(F)F)nc3cc(CN4CC[C@H](O)C4)cnc23)cccc1-c1cccc(-c2nc3cc(CN4CC[C@H](C(=O)O)C4)c(OC(F)F)cc3o2)c1C. The second-order valence-electron chi connectivity index (χ2n) is 14.6. The summed E-state index contributed by atoms with van der Waals surface area (Å²) in [4.78, 5) is 33.1. The van der Waals surface area contributed by atoms with Crippen molar-refractivity contribution in [2.45, 2.75) is 58.9 Å². The zero-order valence-corrected chi connectivity index (χ0v) is 31.1. The van der Waals surface area contributed by atoms with E-state index in [-0.39, 0.29) is 35.1 Å². The van der Waals surface area contributed by atoms with E-state index in [1.165, 1.54) is 6.07 Å². The maximum atomic E-state index is 14.1. The van der Waals surface area contributed by atoms with Gasteiger partial charge in [-0.1, -0.05) is 24.3 Å². The Labute approximate surface area is 324 Å². The minimum Gasteiger partial charge on any atom is -0.481 e. The molecule has 0 amide bonds. The van der Waals surface area contributed by atoms with Crippen LogP contribution >= 0.6 is 0 Å². The van der Waals surface area contributed by atoms with Crippen molar-refractivity contribution in [3.63, 3.8) is 0 Å². The number of aromatic nitrogens is 4. The van der Waals surface area contributed by atoms with E-state index in [1.807, 2.05) is 55.1 Å². The highest BCUT2D eigenvalue weighted by Gasteiger charge is 2.29. The molecule has 12 nitrogen and oxygen atoms in total. The Morgan fingerprint density at radius 3 is 2.37 bits per heavy atom.